The van der Waals surface area contributed by atoms with Crippen molar-refractivity contribution in [2.75, 3.05) is 6.54 Å². The van der Waals surface area contributed by atoms with Gasteiger partial charge < -0.3 is 10.1 Å². The summed E-state index contributed by atoms with van der Waals surface area (Å²) in [7, 11) is 0. The predicted octanol–water partition coefficient (Wildman–Crippen LogP) is 2.15. The Morgan fingerprint density at radius 3 is 2.64 bits per heavy atom. The molecule has 1 rings (SSSR count). The van der Waals surface area contributed by atoms with E-state index in [0.29, 0.717) is 6.42 Å². The number of rotatable bonds is 6. The highest BCUT2D eigenvalue weighted by Gasteiger charge is 1.93. The van der Waals surface area contributed by atoms with E-state index in [2.05, 4.69) is 17.4 Å². The molecule has 2 heteroatoms. The van der Waals surface area contributed by atoms with Gasteiger partial charge in [-0.2, -0.15) is 0 Å². The number of benzene rings is 1. The highest BCUT2D eigenvalue weighted by Crippen LogP contribution is 1.97. The minimum Gasteiger partial charge on any atom is -0.313 e. The van der Waals surface area contributed by atoms with E-state index >= 15 is 0 Å². The van der Waals surface area contributed by atoms with E-state index in [1.165, 1.54) is 5.56 Å². The second kappa shape index (κ2) is 6.33. The average Bonchev–Trinajstić information content (AvgIpc) is 2.18. The second-order valence-electron chi connectivity index (χ2n) is 3.47. The molecule has 1 aromatic carbocycles. The van der Waals surface area contributed by atoms with Crippen LogP contribution in [0, 0.1) is 0 Å². The molecule has 0 radical (unpaired) electrons. The second-order valence-corrected chi connectivity index (χ2v) is 3.47. The van der Waals surface area contributed by atoms with Crippen LogP contribution >= 0.6 is 0 Å². The fraction of sp³-hybridized carbons (Fsp3) is 0.417. The van der Waals surface area contributed by atoms with Crippen molar-refractivity contribution in [3.05, 3.63) is 35.9 Å². The Bertz CT molecular complexity index is 269. The van der Waals surface area contributed by atoms with Crippen molar-refractivity contribution in [3.63, 3.8) is 0 Å². The topological polar surface area (TPSA) is 29.1 Å². The fourth-order valence-electron chi connectivity index (χ4n) is 1.29. The first-order chi connectivity index (χ1) is 6.79. The molecule has 0 aliphatic carbocycles. The Morgan fingerprint density at radius 1 is 1.29 bits per heavy atom. The minimum absolute atomic E-state index is 0.270. The van der Waals surface area contributed by atoms with Crippen molar-refractivity contribution in [3.8, 4) is 0 Å². The molecule has 0 amide bonds. The van der Waals surface area contributed by atoms with Crippen LogP contribution in [0.2, 0.25) is 0 Å². The van der Waals surface area contributed by atoms with Crippen LogP contribution in [0.25, 0.3) is 0 Å². The van der Waals surface area contributed by atoms with Crippen molar-refractivity contribution in [1.82, 2.24) is 5.32 Å². The molecule has 0 aromatic heterocycles. The Balaban J connectivity index is 2.08. The van der Waals surface area contributed by atoms with Crippen LogP contribution in [0.3, 0.4) is 0 Å². The molecular formula is C12H17NO. The maximum Gasteiger partial charge on any atom is 0.129 e. The number of Topliss-reactive ketones (excluding diaryl/α,β-unsaturated/α-hetero) is 1. The molecule has 1 aromatic rings. The van der Waals surface area contributed by atoms with Crippen LogP contribution < -0.4 is 5.32 Å². The summed E-state index contributed by atoms with van der Waals surface area (Å²) >= 11 is 0. The van der Waals surface area contributed by atoms with E-state index in [9.17, 15) is 4.79 Å². The summed E-state index contributed by atoms with van der Waals surface area (Å²) in [4.78, 5) is 10.6. The van der Waals surface area contributed by atoms with Crippen molar-refractivity contribution in [2.45, 2.75) is 26.3 Å². The van der Waals surface area contributed by atoms with Crippen LogP contribution in [0.15, 0.2) is 30.3 Å². The first-order valence-corrected chi connectivity index (χ1v) is 5.03. The quantitative estimate of drug-likeness (QED) is 0.698. The normalized spacial score (nSPS) is 10.1. The Morgan fingerprint density at radius 2 is 2.00 bits per heavy atom. The van der Waals surface area contributed by atoms with Crippen LogP contribution in [-0.2, 0) is 11.3 Å². The zero-order chi connectivity index (χ0) is 10.2. The molecule has 0 heterocycles. The van der Waals surface area contributed by atoms with E-state index in [4.69, 9.17) is 0 Å². The van der Waals surface area contributed by atoms with E-state index in [0.717, 1.165) is 19.5 Å². The van der Waals surface area contributed by atoms with Crippen LogP contribution in [-0.4, -0.2) is 12.3 Å². The van der Waals surface area contributed by atoms with Crippen LogP contribution in [0.5, 0.6) is 0 Å². The van der Waals surface area contributed by atoms with Crippen molar-refractivity contribution in [2.24, 2.45) is 0 Å². The number of carbonyl (C=O) groups excluding carboxylic acids is 1. The SMILES string of the molecule is CC(=O)CCCNCc1ccccc1. The Labute approximate surface area is 85.3 Å². The van der Waals surface area contributed by atoms with Gasteiger partial charge in [0.25, 0.3) is 0 Å². The van der Waals surface area contributed by atoms with Gasteiger partial charge in [-0.3, -0.25) is 0 Å². The number of hydrogen-bond acceptors (Lipinski definition) is 2. The van der Waals surface area contributed by atoms with Gasteiger partial charge in [0.2, 0.25) is 0 Å². The average molecular weight is 191 g/mol. The van der Waals surface area contributed by atoms with Crippen molar-refractivity contribution < 1.29 is 4.79 Å². The lowest BCUT2D eigenvalue weighted by Crippen LogP contribution is -2.15. The third-order valence-corrected chi connectivity index (χ3v) is 2.05. The summed E-state index contributed by atoms with van der Waals surface area (Å²) in [5.74, 6) is 0.270. The Kier molecular flexibility index (Phi) is 4.94. The molecule has 0 fully saturated rings. The third-order valence-electron chi connectivity index (χ3n) is 2.05. The summed E-state index contributed by atoms with van der Waals surface area (Å²) < 4.78 is 0. The molecule has 1 N–H and O–H groups in total. The lowest BCUT2D eigenvalue weighted by molar-refractivity contribution is -0.117. The van der Waals surface area contributed by atoms with Gasteiger partial charge in [0.05, 0.1) is 0 Å². The number of nitrogens with one attached hydrogen (secondary N) is 1. The molecule has 0 saturated carbocycles. The number of ketones is 1. The minimum atomic E-state index is 0.270. The van der Waals surface area contributed by atoms with E-state index < -0.39 is 0 Å². The molecule has 0 aliphatic rings. The molecule has 0 bridgehead atoms. The smallest absolute Gasteiger partial charge is 0.129 e. The van der Waals surface area contributed by atoms with Gasteiger partial charge in [-0.05, 0) is 25.5 Å². The molecule has 2 nitrogen and oxygen atoms in total. The third kappa shape index (κ3) is 4.77. The largest absolute Gasteiger partial charge is 0.313 e. The van der Waals surface area contributed by atoms with Gasteiger partial charge in [0, 0.05) is 13.0 Å². The molecule has 76 valence electrons. The first-order valence-electron chi connectivity index (χ1n) is 5.03. The monoisotopic (exact) mass is 191 g/mol. The van der Waals surface area contributed by atoms with Crippen LogP contribution in [0.4, 0.5) is 0 Å². The lowest BCUT2D eigenvalue weighted by Gasteiger charge is -2.03. The summed E-state index contributed by atoms with van der Waals surface area (Å²) in [5, 5.41) is 3.30. The predicted molar refractivity (Wildman–Crippen MR) is 58.1 cm³/mol. The molecular weight excluding hydrogens is 174 g/mol. The molecule has 0 aliphatic heterocycles. The van der Waals surface area contributed by atoms with Gasteiger partial charge in [-0.1, -0.05) is 30.3 Å². The molecule has 0 atom stereocenters. The zero-order valence-electron chi connectivity index (χ0n) is 8.62. The number of carbonyl (C=O) groups is 1. The molecule has 0 spiro atoms. The van der Waals surface area contributed by atoms with Gasteiger partial charge in [-0.15, -0.1) is 0 Å². The highest BCUT2D eigenvalue weighted by molar-refractivity contribution is 5.75. The van der Waals surface area contributed by atoms with E-state index in [1.54, 1.807) is 6.92 Å². The maximum absolute atomic E-state index is 10.6. The summed E-state index contributed by atoms with van der Waals surface area (Å²) in [5.41, 5.74) is 1.29. The highest BCUT2D eigenvalue weighted by atomic mass is 16.1. The summed E-state index contributed by atoms with van der Waals surface area (Å²) in [6.07, 6.45) is 1.62. The Hall–Kier alpha value is -1.15. The summed E-state index contributed by atoms with van der Waals surface area (Å²) in [6, 6.07) is 10.3. The summed E-state index contributed by atoms with van der Waals surface area (Å²) in [6.45, 7) is 3.43. The van der Waals surface area contributed by atoms with E-state index in [1.807, 2.05) is 18.2 Å². The fourth-order valence-corrected chi connectivity index (χ4v) is 1.29. The molecule has 14 heavy (non-hydrogen) atoms. The lowest BCUT2D eigenvalue weighted by atomic mass is 10.2. The maximum atomic E-state index is 10.6. The number of hydrogen-bond donors (Lipinski definition) is 1. The van der Waals surface area contributed by atoms with Gasteiger partial charge in [0.15, 0.2) is 0 Å². The molecule has 0 unspecified atom stereocenters. The van der Waals surface area contributed by atoms with E-state index in [-0.39, 0.29) is 5.78 Å². The van der Waals surface area contributed by atoms with Crippen molar-refractivity contribution in [1.29, 1.82) is 0 Å². The standard InChI is InChI=1S/C12H17NO/c1-11(14)6-5-9-13-10-12-7-3-2-4-8-12/h2-4,7-8,13H,5-6,9-10H2,1H3. The van der Waals surface area contributed by atoms with Crippen molar-refractivity contribution >= 4 is 5.78 Å². The molecule has 0 saturated heterocycles. The van der Waals surface area contributed by atoms with Crippen LogP contribution in [0.1, 0.15) is 25.3 Å². The zero-order valence-corrected chi connectivity index (χ0v) is 8.62. The van der Waals surface area contributed by atoms with Gasteiger partial charge in [0.1, 0.15) is 5.78 Å². The van der Waals surface area contributed by atoms with Gasteiger partial charge in [-0.25, -0.2) is 0 Å². The first kappa shape index (κ1) is 10.9. The van der Waals surface area contributed by atoms with Gasteiger partial charge >= 0.3 is 0 Å².